The van der Waals surface area contributed by atoms with Crippen LogP contribution in [0.3, 0.4) is 0 Å². The molecule has 0 unspecified atom stereocenters. The number of hydrogen-bond acceptors (Lipinski definition) is 2. The minimum absolute atomic E-state index is 0.722. The van der Waals surface area contributed by atoms with Crippen LogP contribution in [0.25, 0.3) is 0 Å². The Morgan fingerprint density at radius 2 is 1.48 bits per heavy atom. The lowest BCUT2D eigenvalue weighted by atomic mass is 10.1. The lowest BCUT2D eigenvalue weighted by molar-refractivity contribution is 0.116. The second kappa shape index (κ2) is 13.1. The van der Waals surface area contributed by atoms with Crippen molar-refractivity contribution < 1.29 is 4.74 Å². The summed E-state index contributed by atoms with van der Waals surface area (Å²) in [7, 11) is 0. The normalized spacial score (nSPS) is 11.2. The minimum atomic E-state index is 0.722. The number of ether oxygens (including phenoxy) is 1. The fraction of sp³-hybridized carbons (Fsp3) is 0.765. The molecule has 0 N–H and O–H groups in total. The second-order valence-corrected chi connectivity index (χ2v) is 9.33. The first-order chi connectivity index (χ1) is 10.2. The van der Waals surface area contributed by atoms with Gasteiger partial charge in [-0.25, -0.2) is 0 Å². The molecule has 0 radical (unpaired) electrons. The first kappa shape index (κ1) is 19.7. The Labute approximate surface area is 151 Å². The highest BCUT2D eigenvalue weighted by molar-refractivity contribution is 9.12. The summed E-state index contributed by atoms with van der Waals surface area (Å²) < 4.78 is 8.08. The summed E-state index contributed by atoms with van der Waals surface area (Å²) in [6.45, 7) is 3.88. The summed E-state index contributed by atoms with van der Waals surface area (Å²) in [6, 6.07) is 2.13. The van der Waals surface area contributed by atoms with Crippen LogP contribution in [0.15, 0.2) is 13.6 Å². The summed E-state index contributed by atoms with van der Waals surface area (Å²) in [5.74, 6) is 0. The van der Waals surface area contributed by atoms with Gasteiger partial charge >= 0.3 is 0 Å². The first-order valence-corrected chi connectivity index (χ1v) is 10.7. The van der Waals surface area contributed by atoms with Gasteiger partial charge < -0.3 is 4.74 Å². The molecule has 1 rings (SSSR count). The molecule has 0 saturated carbocycles. The fourth-order valence-corrected chi connectivity index (χ4v) is 5.13. The molecule has 1 heterocycles. The zero-order valence-corrected chi connectivity index (χ0v) is 17.1. The molecule has 0 atom stereocenters. The molecule has 0 aliphatic heterocycles. The number of halogens is 2. The zero-order valence-electron chi connectivity index (χ0n) is 13.1. The minimum Gasteiger partial charge on any atom is -0.377 e. The van der Waals surface area contributed by atoms with Crippen LogP contribution in [0.1, 0.15) is 76.7 Å². The summed E-state index contributed by atoms with van der Waals surface area (Å²) >= 11 is 8.76. The highest BCUT2D eigenvalue weighted by Crippen LogP contribution is 2.32. The molecule has 0 spiro atoms. The Kier molecular flexibility index (Phi) is 12.3. The van der Waals surface area contributed by atoms with Crippen molar-refractivity contribution in [2.75, 3.05) is 6.61 Å². The van der Waals surface area contributed by atoms with E-state index in [0.717, 1.165) is 17.0 Å². The molecule has 122 valence electrons. The maximum atomic E-state index is 5.74. The van der Waals surface area contributed by atoms with Crippen molar-refractivity contribution >= 4 is 43.2 Å². The van der Waals surface area contributed by atoms with Crippen molar-refractivity contribution in [3.63, 3.8) is 0 Å². The number of thiophene rings is 1. The van der Waals surface area contributed by atoms with Gasteiger partial charge in [0.25, 0.3) is 0 Å². The SMILES string of the molecule is CCCCCCCCCCCCOCc1cc(Br)sc1Br. The quantitative estimate of drug-likeness (QED) is 0.286. The van der Waals surface area contributed by atoms with Crippen LogP contribution in [0.4, 0.5) is 0 Å². The van der Waals surface area contributed by atoms with E-state index in [0.29, 0.717) is 0 Å². The Morgan fingerprint density at radius 3 is 2.00 bits per heavy atom. The molecule has 1 aromatic rings. The average Bonchev–Trinajstić information content (AvgIpc) is 2.78. The third kappa shape index (κ3) is 10.1. The van der Waals surface area contributed by atoms with Gasteiger partial charge in [0.05, 0.1) is 14.2 Å². The summed E-state index contributed by atoms with van der Waals surface area (Å²) in [5, 5.41) is 0. The zero-order chi connectivity index (χ0) is 15.3. The third-order valence-corrected chi connectivity index (χ3v) is 6.09. The van der Waals surface area contributed by atoms with Gasteiger partial charge in [-0.05, 0) is 44.3 Å². The number of rotatable bonds is 13. The standard InChI is InChI=1S/C17H28Br2OS/c1-2-3-4-5-6-7-8-9-10-11-12-20-14-15-13-16(18)21-17(15)19/h13H,2-12,14H2,1H3. The van der Waals surface area contributed by atoms with E-state index in [-0.39, 0.29) is 0 Å². The Balaban J connectivity index is 1.84. The van der Waals surface area contributed by atoms with E-state index in [1.165, 1.54) is 73.6 Å². The van der Waals surface area contributed by atoms with Crippen molar-refractivity contribution in [1.82, 2.24) is 0 Å². The highest BCUT2D eigenvalue weighted by Gasteiger charge is 2.04. The monoisotopic (exact) mass is 438 g/mol. The van der Waals surface area contributed by atoms with Gasteiger partial charge in [-0.2, -0.15) is 0 Å². The lowest BCUT2D eigenvalue weighted by Gasteiger charge is -2.04. The first-order valence-electron chi connectivity index (χ1n) is 8.25. The van der Waals surface area contributed by atoms with Crippen LogP contribution in [0.5, 0.6) is 0 Å². The Hall–Kier alpha value is 0.620. The Bertz CT molecular complexity index is 366. The maximum Gasteiger partial charge on any atom is 0.0765 e. The summed E-state index contributed by atoms with van der Waals surface area (Å²) in [4.78, 5) is 0. The molecule has 0 saturated heterocycles. The molecule has 1 aromatic heterocycles. The van der Waals surface area contributed by atoms with E-state index < -0.39 is 0 Å². The Morgan fingerprint density at radius 1 is 0.905 bits per heavy atom. The van der Waals surface area contributed by atoms with Gasteiger partial charge in [-0.15, -0.1) is 11.3 Å². The van der Waals surface area contributed by atoms with Gasteiger partial charge in [0.1, 0.15) is 0 Å². The highest BCUT2D eigenvalue weighted by atomic mass is 79.9. The van der Waals surface area contributed by atoms with Gasteiger partial charge in [0.15, 0.2) is 0 Å². The maximum absolute atomic E-state index is 5.74. The summed E-state index contributed by atoms with van der Waals surface area (Å²) in [5.41, 5.74) is 1.25. The van der Waals surface area contributed by atoms with E-state index in [1.54, 1.807) is 11.3 Å². The second-order valence-electron chi connectivity index (χ2n) is 5.58. The van der Waals surface area contributed by atoms with Crippen LogP contribution >= 0.6 is 43.2 Å². The lowest BCUT2D eigenvalue weighted by Crippen LogP contribution is -1.95. The topological polar surface area (TPSA) is 9.23 Å². The van der Waals surface area contributed by atoms with Crippen LogP contribution in [-0.2, 0) is 11.3 Å². The molecule has 4 heteroatoms. The number of hydrogen-bond donors (Lipinski definition) is 0. The van der Waals surface area contributed by atoms with Crippen molar-refractivity contribution in [1.29, 1.82) is 0 Å². The third-order valence-electron chi connectivity index (χ3n) is 3.63. The fourth-order valence-electron chi connectivity index (χ4n) is 2.35. The van der Waals surface area contributed by atoms with E-state index >= 15 is 0 Å². The van der Waals surface area contributed by atoms with Crippen LogP contribution in [-0.4, -0.2) is 6.61 Å². The largest absolute Gasteiger partial charge is 0.377 e. The molecular formula is C17H28Br2OS. The average molecular weight is 440 g/mol. The van der Waals surface area contributed by atoms with E-state index in [4.69, 9.17) is 4.74 Å². The molecule has 0 aliphatic rings. The van der Waals surface area contributed by atoms with Gasteiger partial charge in [-0.1, -0.05) is 64.7 Å². The molecule has 0 amide bonds. The van der Waals surface area contributed by atoms with E-state index in [2.05, 4.69) is 44.8 Å². The van der Waals surface area contributed by atoms with Crippen molar-refractivity contribution in [2.24, 2.45) is 0 Å². The van der Waals surface area contributed by atoms with Crippen LogP contribution in [0.2, 0.25) is 0 Å². The molecule has 21 heavy (non-hydrogen) atoms. The predicted molar refractivity (Wildman–Crippen MR) is 101 cm³/mol. The molecule has 1 nitrogen and oxygen atoms in total. The van der Waals surface area contributed by atoms with Crippen molar-refractivity contribution in [2.45, 2.75) is 77.7 Å². The van der Waals surface area contributed by atoms with Crippen molar-refractivity contribution in [3.8, 4) is 0 Å². The molecule has 0 bridgehead atoms. The van der Waals surface area contributed by atoms with Gasteiger partial charge in [0, 0.05) is 12.2 Å². The van der Waals surface area contributed by atoms with Crippen LogP contribution in [0, 0.1) is 0 Å². The van der Waals surface area contributed by atoms with Gasteiger partial charge in [0.2, 0.25) is 0 Å². The summed E-state index contributed by atoms with van der Waals surface area (Å²) in [6.07, 6.45) is 13.7. The predicted octanol–water partition coefficient (Wildman–Crippen LogP) is 7.71. The van der Waals surface area contributed by atoms with Crippen LogP contribution < -0.4 is 0 Å². The van der Waals surface area contributed by atoms with Crippen molar-refractivity contribution in [3.05, 3.63) is 19.2 Å². The molecule has 0 fully saturated rings. The molecular weight excluding hydrogens is 412 g/mol. The number of unbranched alkanes of at least 4 members (excludes halogenated alkanes) is 9. The smallest absolute Gasteiger partial charge is 0.0765 e. The van der Waals surface area contributed by atoms with E-state index in [9.17, 15) is 0 Å². The van der Waals surface area contributed by atoms with Gasteiger partial charge in [-0.3, -0.25) is 0 Å². The molecule has 0 aromatic carbocycles. The van der Waals surface area contributed by atoms with E-state index in [1.807, 2.05) is 0 Å². The molecule has 0 aliphatic carbocycles.